The Bertz CT molecular complexity index is 359. The van der Waals surface area contributed by atoms with Crippen molar-refractivity contribution in [1.82, 2.24) is 20.4 Å². The molecule has 6 nitrogen and oxygen atoms in total. The van der Waals surface area contributed by atoms with Crippen molar-refractivity contribution in [3.63, 3.8) is 0 Å². The van der Waals surface area contributed by atoms with Gasteiger partial charge in [0.2, 0.25) is 11.8 Å². The Labute approximate surface area is 127 Å². The van der Waals surface area contributed by atoms with Gasteiger partial charge in [-0.3, -0.25) is 14.5 Å². The van der Waals surface area contributed by atoms with Gasteiger partial charge in [-0.2, -0.15) is 0 Å². The standard InChI is InChI=1S/C15H28N4O2/c1-18(2)14(20)11-19-9-6-12(7-10-19)17-15(21)13-5-3-4-8-16-13/h12-13,16H,3-11H2,1-2H3,(H,17,21)/t13-/m1/s1. The minimum absolute atomic E-state index is 0.00732. The summed E-state index contributed by atoms with van der Waals surface area (Å²) in [5.74, 6) is 0.293. The lowest BCUT2D eigenvalue weighted by Gasteiger charge is -2.33. The second-order valence-electron chi connectivity index (χ2n) is 6.35. The Balaban J connectivity index is 1.69. The van der Waals surface area contributed by atoms with Crippen LogP contribution < -0.4 is 10.6 Å². The molecule has 0 aromatic heterocycles. The van der Waals surface area contributed by atoms with Crippen molar-refractivity contribution in [2.24, 2.45) is 0 Å². The summed E-state index contributed by atoms with van der Waals surface area (Å²) < 4.78 is 0. The Morgan fingerprint density at radius 1 is 1.19 bits per heavy atom. The molecular formula is C15H28N4O2. The number of likely N-dealkylation sites (N-methyl/N-ethyl adjacent to an activating group) is 1. The number of hydrogen-bond donors (Lipinski definition) is 2. The van der Waals surface area contributed by atoms with E-state index in [0.717, 1.165) is 45.3 Å². The lowest BCUT2D eigenvalue weighted by Crippen LogP contribution is -2.52. The van der Waals surface area contributed by atoms with Crippen LogP contribution >= 0.6 is 0 Å². The third-order valence-corrected chi connectivity index (χ3v) is 4.42. The quantitative estimate of drug-likeness (QED) is 0.754. The minimum Gasteiger partial charge on any atom is -0.352 e. The Morgan fingerprint density at radius 3 is 2.48 bits per heavy atom. The topological polar surface area (TPSA) is 64.7 Å². The summed E-state index contributed by atoms with van der Waals surface area (Å²) in [6, 6.07) is 0.249. The van der Waals surface area contributed by atoms with Crippen molar-refractivity contribution >= 4 is 11.8 Å². The summed E-state index contributed by atoms with van der Waals surface area (Å²) in [5, 5.41) is 6.44. The van der Waals surface area contributed by atoms with Gasteiger partial charge in [-0.25, -0.2) is 0 Å². The second-order valence-corrected chi connectivity index (χ2v) is 6.35. The molecule has 2 heterocycles. The minimum atomic E-state index is -0.00732. The van der Waals surface area contributed by atoms with E-state index < -0.39 is 0 Å². The number of likely N-dealkylation sites (tertiary alicyclic amines) is 1. The zero-order valence-corrected chi connectivity index (χ0v) is 13.2. The Hall–Kier alpha value is -1.14. The molecule has 2 aliphatic heterocycles. The van der Waals surface area contributed by atoms with Gasteiger partial charge in [0.25, 0.3) is 0 Å². The molecule has 2 N–H and O–H groups in total. The van der Waals surface area contributed by atoms with E-state index in [2.05, 4.69) is 15.5 Å². The van der Waals surface area contributed by atoms with Gasteiger partial charge < -0.3 is 15.5 Å². The number of hydrogen-bond acceptors (Lipinski definition) is 4. The molecule has 2 rings (SSSR count). The van der Waals surface area contributed by atoms with Gasteiger partial charge in [0.15, 0.2) is 0 Å². The van der Waals surface area contributed by atoms with Crippen LogP contribution in [0.25, 0.3) is 0 Å². The third-order valence-electron chi connectivity index (χ3n) is 4.42. The predicted molar refractivity (Wildman–Crippen MR) is 81.9 cm³/mol. The van der Waals surface area contributed by atoms with Crippen LogP contribution in [-0.2, 0) is 9.59 Å². The van der Waals surface area contributed by atoms with Crippen molar-refractivity contribution in [2.75, 3.05) is 40.3 Å². The highest BCUT2D eigenvalue weighted by molar-refractivity contribution is 5.82. The predicted octanol–water partition coefficient (Wildman–Crippen LogP) is -0.203. The first-order chi connectivity index (χ1) is 10.1. The molecule has 6 heteroatoms. The smallest absolute Gasteiger partial charge is 0.237 e. The molecule has 0 aromatic carbocycles. The van der Waals surface area contributed by atoms with Crippen LogP contribution in [-0.4, -0.2) is 74.0 Å². The number of nitrogens with zero attached hydrogens (tertiary/aromatic N) is 2. The number of rotatable bonds is 4. The molecule has 2 amide bonds. The van der Waals surface area contributed by atoms with Crippen molar-refractivity contribution < 1.29 is 9.59 Å². The molecule has 0 bridgehead atoms. The van der Waals surface area contributed by atoms with E-state index in [1.54, 1.807) is 19.0 Å². The molecule has 2 aliphatic rings. The molecule has 0 radical (unpaired) electrons. The fourth-order valence-corrected chi connectivity index (χ4v) is 2.95. The normalized spacial score (nSPS) is 24.6. The summed E-state index contributed by atoms with van der Waals surface area (Å²) in [5.41, 5.74) is 0. The monoisotopic (exact) mass is 296 g/mol. The van der Waals surface area contributed by atoms with Crippen LogP contribution in [0.5, 0.6) is 0 Å². The van der Waals surface area contributed by atoms with E-state index in [4.69, 9.17) is 0 Å². The van der Waals surface area contributed by atoms with E-state index in [9.17, 15) is 9.59 Å². The first-order valence-electron chi connectivity index (χ1n) is 8.02. The summed E-state index contributed by atoms with van der Waals surface area (Å²) in [6.07, 6.45) is 5.11. The third kappa shape index (κ3) is 4.97. The van der Waals surface area contributed by atoms with Gasteiger partial charge in [-0.05, 0) is 32.2 Å². The summed E-state index contributed by atoms with van der Waals surface area (Å²) in [4.78, 5) is 27.6. The number of carbonyl (C=O) groups is 2. The van der Waals surface area contributed by atoms with E-state index in [0.29, 0.717) is 6.54 Å². The molecule has 21 heavy (non-hydrogen) atoms. The summed E-state index contributed by atoms with van der Waals surface area (Å²) in [6.45, 7) is 3.19. The van der Waals surface area contributed by atoms with Gasteiger partial charge in [0.05, 0.1) is 12.6 Å². The number of amides is 2. The highest BCUT2D eigenvalue weighted by Gasteiger charge is 2.26. The molecule has 2 saturated heterocycles. The van der Waals surface area contributed by atoms with Gasteiger partial charge >= 0.3 is 0 Å². The van der Waals surface area contributed by atoms with Crippen molar-refractivity contribution in [2.45, 2.75) is 44.2 Å². The Morgan fingerprint density at radius 2 is 1.90 bits per heavy atom. The maximum Gasteiger partial charge on any atom is 0.237 e. The van der Waals surface area contributed by atoms with E-state index >= 15 is 0 Å². The lowest BCUT2D eigenvalue weighted by atomic mass is 10.0. The molecule has 0 aliphatic carbocycles. The number of piperidine rings is 2. The molecule has 0 spiro atoms. The maximum absolute atomic E-state index is 12.2. The van der Waals surface area contributed by atoms with E-state index in [-0.39, 0.29) is 23.9 Å². The molecular weight excluding hydrogens is 268 g/mol. The van der Waals surface area contributed by atoms with Crippen LogP contribution in [0.15, 0.2) is 0 Å². The van der Waals surface area contributed by atoms with Crippen molar-refractivity contribution in [1.29, 1.82) is 0 Å². The van der Waals surface area contributed by atoms with Gasteiger partial charge in [-0.15, -0.1) is 0 Å². The summed E-state index contributed by atoms with van der Waals surface area (Å²) >= 11 is 0. The average molecular weight is 296 g/mol. The number of carbonyl (C=O) groups excluding carboxylic acids is 2. The fraction of sp³-hybridized carbons (Fsp3) is 0.867. The molecule has 0 saturated carbocycles. The van der Waals surface area contributed by atoms with E-state index in [1.165, 1.54) is 6.42 Å². The molecule has 0 aromatic rings. The zero-order valence-electron chi connectivity index (χ0n) is 13.2. The summed E-state index contributed by atoms with van der Waals surface area (Å²) in [7, 11) is 3.57. The van der Waals surface area contributed by atoms with Crippen LogP contribution in [0.4, 0.5) is 0 Å². The van der Waals surface area contributed by atoms with Crippen LogP contribution in [0.1, 0.15) is 32.1 Å². The van der Waals surface area contributed by atoms with Gasteiger partial charge in [0.1, 0.15) is 0 Å². The van der Waals surface area contributed by atoms with Crippen molar-refractivity contribution in [3.8, 4) is 0 Å². The van der Waals surface area contributed by atoms with Crippen LogP contribution in [0, 0.1) is 0 Å². The Kier molecular flexibility index (Phi) is 5.99. The molecule has 0 unspecified atom stereocenters. The van der Waals surface area contributed by atoms with Crippen LogP contribution in [0.2, 0.25) is 0 Å². The van der Waals surface area contributed by atoms with Gasteiger partial charge in [0, 0.05) is 33.2 Å². The highest BCUT2D eigenvalue weighted by Crippen LogP contribution is 2.12. The fourth-order valence-electron chi connectivity index (χ4n) is 2.95. The molecule has 2 fully saturated rings. The van der Waals surface area contributed by atoms with Crippen LogP contribution in [0.3, 0.4) is 0 Å². The average Bonchev–Trinajstić information content (AvgIpc) is 2.50. The molecule has 120 valence electrons. The number of nitrogens with one attached hydrogen (secondary N) is 2. The zero-order chi connectivity index (χ0) is 15.2. The molecule has 1 atom stereocenters. The SMILES string of the molecule is CN(C)C(=O)CN1CCC(NC(=O)[C@H]2CCCCN2)CC1. The van der Waals surface area contributed by atoms with E-state index in [1.807, 2.05) is 0 Å². The first-order valence-corrected chi connectivity index (χ1v) is 8.02. The highest BCUT2D eigenvalue weighted by atomic mass is 16.2. The lowest BCUT2D eigenvalue weighted by molar-refractivity contribution is -0.130. The largest absolute Gasteiger partial charge is 0.352 e. The van der Waals surface area contributed by atoms with Gasteiger partial charge in [-0.1, -0.05) is 6.42 Å². The maximum atomic E-state index is 12.2. The van der Waals surface area contributed by atoms with Crippen molar-refractivity contribution in [3.05, 3.63) is 0 Å². The first kappa shape index (κ1) is 16.2. The second kappa shape index (κ2) is 7.75.